The fourth-order valence-corrected chi connectivity index (χ4v) is 3.75. The Morgan fingerprint density at radius 1 is 1.10 bits per heavy atom. The zero-order valence-electron chi connectivity index (χ0n) is 16.4. The molecule has 2 heterocycles. The van der Waals surface area contributed by atoms with Crippen molar-refractivity contribution in [2.24, 2.45) is 0 Å². The third kappa shape index (κ3) is 3.87. The number of hydrogen-bond donors (Lipinski definition) is 0. The number of aromatic nitrogens is 2. The highest BCUT2D eigenvalue weighted by molar-refractivity contribution is 9.10. The molecule has 10 heteroatoms. The number of alkyl halides is 3. The molecule has 1 aliphatic rings. The third-order valence-electron chi connectivity index (χ3n) is 4.86. The summed E-state index contributed by atoms with van der Waals surface area (Å²) in [5.41, 5.74) is -1.05. The minimum Gasteiger partial charge on any atom is -0.497 e. The van der Waals surface area contributed by atoms with Gasteiger partial charge in [-0.3, -0.25) is 4.79 Å². The summed E-state index contributed by atoms with van der Waals surface area (Å²) in [6.07, 6.45) is -4.41. The molecule has 1 aliphatic heterocycles. The third-order valence-corrected chi connectivity index (χ3v) is 5.35. The molecule has 0 bridgehead atoms. The predicted octanol–water partition coefficient (Wildman–Crippen LogP) is 4.63. The van der Waals surface area contributed by atoms with Gasteiger partial charge in [0.25, 0.3) is 5.56 Å². The van der Waals surface area contributed by atoms with Crippen molar-refractivity contribution in [3.8, 4) is 34.2 Å². The van der Waals surface area contributed by atoms with Gasteiger partial charge >= 0.3 is 6.18 Å². The summed E-state index contributed by atoms with van der Waals surface area (Å²) in [5, 5.41) is 4.30. The standard InChI is InChI=1S/C21H16BrF3N2O4/c1-29-13-7-11(8-14(10-13)30-2)18-19-15(5-6-31-19)20(28)27(26-18)17-9-12(22)3-4-16(17)21(23,24)25/h3-4,7-10H,5-6H2,1-2H3. The summed E-state index contributed by atoms with van der Waals surface area (Å²) in [6.45, 7) is 0.231. The Morgan fingerprint density at radius 2 is 1.77 bits per heavy atom. The molecule has 0 spiro atoms. The lowest BCUT2D eigenvalue weighted by molar-refractivity contribution is -0.137. The fourth-order valence-electron chi connectivity index (χ4n) is 3.41. The van der Waals surface area contributed by atoms with Crippen LogP contribution in [0, 0.1) is 0 Å². The maximum atomic E-state index is 13.7. The van der Waals surface area contributed by atoms with Crippen molar-refractivity contribution >= 4 is 15.9 Å². The summed E-state index contributed by atoms with van der Waals surface area (Å²) in [7, 11) is 2.95. The number of rotatable bonds is 4. The highest BCUT2D eigenvalue weighted by atomic mass is 79.9. The van der Waals surface area contributed by atoms with Crippen LogP contribution in [0.4, 0.5) is 13.2 Å². The van der Waals surface area contributed by atoms with Crippen molar-refractivity contribution in [2.45, 2.75) is 12.6 Å². The van der Waals surface area contributed by atoms with Crippen LogP contribution in [0.15, 0.2) is 45.7 Å². The SMILES string of the molecule is COc1cc(OC)cc(-c2nn(-c3cc(Br)ccc3C(F)(F)F)c(=O)c3c2OCC3)c1. The van der Waals surface area contributed by atoms with Crippen LogP contribution in [0.25, 0.3) is 16.9 Å². The Bertz CT molecular complexity index is 1200. The van der Waals surface area contributed by atoms with Gasteiger partial charge < -0.3 is 14.2 Å². The van der Waals surface area contributed by atoms with Gasteiger partial charge in [-0.2, -0.15) is 23.0 Å². The van der Waals surface area contributed by atoms with Crippen molar-refractivity contribution in [3.05, 3.63) is 62.4 Å². The largest absolute Gasteiger partial charge is 0.497 e. The molecule has 0 fully saturated rings. The van der Waals surface area contributed by atoms with E-state index in [9.17, 15) is 18.0 Å². The van der Waals surface area contributed by atoms with Crippen LogP contribution in [-0.2, 0) is 12.6 Å². The van der Waals surface area contributed by atoms with Gasteiger partial charge in [0.2, 0.25) is 0 Å². The molecule has 31 heavy (non-hydrogen) atoms. The van der Waals surface area contributed by atoms with Crippen LogP contribution in [0.1, 0.15) is 11.1 Å². The lowest BCUT2D eigenvalue weighted by atomic mass is 10.1. The Morgan fingerprint density at radius 3 is 2.39 bits per heavy atom. The first-order valence-electron chi connectivity index (χ1n) is 9.12. The molecule has 0 amide bonds. The van der Waals surface area contributed by atoms with E-state index in [0.717, 1.165) is 10.7 Å². The lowest BCUT2D eigenvalue weighted by Gasteiger charge is -2.17. The van der Waals surface area contributed by atoms with Crippen molar-refractivity contribution < 1.29 is 27.4 Å². The molecule has 3 aromatic rings. The van der Waals surface area contributed by atoms with Crippen molar-refractivity contribution in [1.29, 1.82) is 0 Å². The van der Waals surface area contributed by atoms with Crippen LogP contribution in [0.5, 0.6) is 17.2 Å². The summed E-state index contributed by atoms with van der Waals surface area (Å²) in [6, 6.07) is 8.33. The topological polar surface area (TPSA) is 62.6 Å². The Hall–Kier alpha value is -3.01. The number of ether oxygens (including phenoxy) is 3. The molecule has 6 nitrogen and oxygen atoms in total. The molecule has 0 saturated heterocycles. The first-order valence-corrected chi connectivity index (χ1v) is 9.92. The molecule has 0 aliphatic carbocycles. The molecule has 0 saturated carbocycles. The molecular formula is C21H16BrF3N2O4. The summed E-state index contributed by atoms with van der Waals surface area (Å²) in [5.74, 6) is 1.17. The van der Waals surface area contributed by atoms with Gasteiger partial charge in [-0.15, -0.1) is 0 Å². The van der Waals surface area contributed by atoms with Gasteiger partial charge in [-0.1, -0.05) is 15.9 Å². The monoisotopic (exact) mass is 496 g/mol. The van der Waals surface area contributed by atoms with Gasteiger partial charge in [0, 0.05) is 22.5 Å². The molecule has 162 valence electrons. The van der Waals surface area contributed by atoms with Crippen LogP contribution in [0.3, 0.4) is 0 Å². The van der Waals surface area contributed by atoms with Crippen molar-refractivity contribution in [1.82, 2.24) is 9.78 Å². The quantitative estimate of drug-likeness (QED) is 0.526. The number of halogens is 4. The van der Waals surface area contributed by atoms with E-state index in [1.807, 2.05) is 0 Å². The number of hydrogen-bond acceptors (Lipinski definition) is 5. The Labute approximate surface area is 183 Å². The predicted molar refractivity (Wildman–Crippen MR) is 110 cm³/mol. The molecular weight excluding hydrogens is 481 g/mol. The summed E-state index contributed by atoms with van der Waals surface area (Å²) in [4.78, 5) is 13.1. The molecule has 4 rings (SSSR count). The highest BCUT2D eigenvalue weighted by Crippen LogP contribution is 2.39. The van der Waals surface area contributed by atoms with E-state index in [-0.39, 0.29) is 35.7 Å². The van der Waals surface area contributed by atoms with Crippen LogP contribution >= 0.6 is 15.9 Å². The average Bonchev–Trinajstić information content (AvgIpc) is 3.23. The van der Waals surface area contributed by atoms with E-state index in [1.165, 1.54) is 26.4 Å². The van der Waals surface area contributed by atoms with Gasteiger partial charge in [-0.25, -0.2) is 0 Å². The van der Waals surface area contributed by atoms with E-state index >= 15 is 0 Å². The molecule has 2 aromatic carbocycles. The Kier molecular flexibility index (Phi) is 5.42. The normalized spacial score (nSPS) is 13.0. The number of nitrogens with zero attached hydrogens (tertiary/aromatic N) is 2. The van der Waals surface area contributed by atoms with Gasteiger partial charge in [0.1, 0.15) is 17.2 Å². The molecule has 0 unspecified atom stereocenters. The maximum absolute atomic E-state index is 13.7. The van der Waals surface area contributed by atoms with E-state index in [0.29, 0.717) is 21.5 Å². The minimum absolute atomic E-state index is 0.220. The zero-order chi connectivity index (χ0) is 22.3. The van der Waals surface area contributed by atoms with E-state index < -0.39 is 17.3 Å². The summed E-state index contributed by atoms with van der Waals surface area (Å²) >= 11 is 3.18. The van der Waals surface area contributed by atoms with E-state index in [1.54, 1.807) is 18.2 Å². The highest BCUT2D eigenvalue weighted by Gasteiger charge is 2.35. The lowest BCUT2D eigenvalue weighted by Crippen LogP contribution is -2.27. The Balaban J connectivity index is 2.03. The van der Waals surface area contributed by atoms with Crippen LogP contribution in [0.2, 0.25) is 0 Å². The second-order valence-electron chi connectivity index (χ2n) is 6.73. The first kappa shape index (κ1) is 21.2. The molecule has 1 aromatic heterocycles. The molecule has 0 atom stereocenters. The van der Waals surface area contributed by atoms with Gasteiger partial charge in [0.05, 0.1) is 37.6 Å². The minimum atomic E-state index is -4.67. The first-order chi connectivity index (χ1) is 14.7. The van der Waals surface area contributed by atoms with Gasteiger partial charge in [0.15, 0.2) is 5.75 Å². The number of benzene rings is 2. The van der Waals surface area contributed by atoms with Crippen molar-refractivity contribution in [3.63, 3.8) is 0 Å². The average molecular weight is 497 g/mol. The van der Waals surface area contributed by atoms with Crippen LogP contribution in [-0.4, -0.2) is 30.6 Å². The van der Waals surface area contributed by atoms with Crippen LogP contribution < -0.4 is 19.8 Å². The van der Waals surface area contributed by atoms with E-state index in [2.05, 4.69) is 21.0 Å². The maximum Gasteiger partial charge on any atom is 0.418 e. The zero-order valence-corrected chi connectivity index (χ0v) is 18.0. The second-order valence-corrected chi connectivity index (χ2v) is 7.65. The van der Waals surface area contributed by atoms with Crippen molar-refractivity contribution in [2.75, 3.05) is 20.8 Å². The smallest absolute Gasteiger partial charge is 0.418 e. The van der Waals surface area contributed by atoms with Gasteiger partial charge in [-0.05, 0) is 30.3 Å². The number of fused-ring (bicyclic) bond motifs is 1. The second kappa shape index (κ2) is 7.92. The fraction of sp³-hybridized carbons (Fsp3) is 0.238. The molecule has 0 radical (unpaired) electrons. The molecule has 0 N–H and O–H groups in total. The number of methoxy groups -OCH3 is 2. The van der Waals surface area contributed by atoms with E-state index in [4.69, 9.17) is 14.2 Å². The summed E-state index contributed by atoms with van der Waals surface area (Å²) < 4.78 is 58.4.